The number of likely N-dealkylation sites (N-methyl/N-ethyl adjacent to an activating group) is 1. The molecular formula is C17H23N3O3S2. The van der Waals surface area contributed by atoms with Gasteiger partial charge in [0.25, 0.3) is 0 Å². The quantitative estimate of drug-likeness (QED) is 0.857. The standard InChI is InChI=1S/C17H23N3O3S2/c1-12(16-18-13-6-4-5-7-14(13)24-16)20(3)10-15(21)19-17(2)8-9-25(22,23)11-17/h4-7,12H,8-11H2,1-3H3,(H,19,21)/t12-,17-/m1/s1. The van der Waals surface area contributed by atoms with Gasteiger partial charge >= 0.3 is 0 Å². The molecule has 3 rings (SSSR count). The minimum Gasteiger partial charge on any atom is -0.349 e. The predicted molar refractivity (Wildman–Crippen MR) is 100 cm³/mol. The minimum absolute atomic E-state index is 0.00302. The molecule has 25 heavy (non-hydrogen) atoms. The van der Waals surface area contributed by atoms with Gasteiger partial charge in [-0.25, -0.2) is 13.4 Å². The van der Waals surface area contributed by atoms with Crippen molar-refractivity contribution >= 4 is 37.3 Å². The summed E-state index contributed by atoms with van der Waals surface area (Å²) in [5, 5.41) is 3.86. The van der Waals surface area contributed by atoms with Crippen LogP contribution in [0.4, 0.5) is 0 Å². The lowest BCUT2D eigenvalue weighted by atomic mass is 10.0. The summed E-state index contributed by atoms with van der Waals surface area (Å²) in [5.74, 6) is -0.00000549. The molecule has 1 saturated heterocycles. The Labute approximate surface area is 152 Å². The van der Waals surface area contributed by atoms with Crippen molar-refractivity contribution in [3.8, 4) is 0 Å². The van der Waals surface area contributed by atoms with E-state index in [-0.39, 0.29) is 30.0 Å². The predicted octanol–water partition coefficient (Wildman–Crippen LogP) is 1.98. The number of thiazole rings is 1. The lowest BCUT2D eigenvalue weighted by Crippen LogP contribution is -2.50. The Morgan fingerprint density at radius 2 is 2.16 bits per heavy atom. The molecule has 1 aliphatic heterocycles. The second-order valence-electron chi connectivity index (χ2n) is 7.06. The molecule has 0 aliphatic carbocycles. The molecule has 1 fully saturated rings. The van der Waals surface area contributed by atoms with Crippen molar-refractivity contribution in [1.29, 1.82) is 0 Å². The molecule has 0 radical (unpaired) electrons. The molecule has 2 aromatic rings. The normalized spacial score (nSPS) is 23.8. The number of hydrogen-bond donors (Lipinski definition) is 1. The number of benzene rings is 1. The lowest BCUT2D eigenvalue weighted by molar-refractivity contribution is -0.123. The summed E-state index contributed by atoms with van der Waals surface area (Å²) in [6, 6.07) is 7.98. The number of carbonyl (C=O) groups is 1. The van der Waals surface area contributed by atoms with Crippen molar-refractivity contribution < 1.29 is 13.2 Å². The van der Waals surface area contributed by atoms with Gasteiger partial charge < -0.3 is 5.32 Å². The van der Waals surface area contributed by atoms with Crippen LogP contribution >= 0.6 is 11.3 Å². The molecule has 8 heteroatoms. The van der Waals surface area contributed by atoms with Gasteiger partial charge in [0.1, 0.15) is 5.01 Å². The third kappa shape index (κ3) is 4.19. The van der Waals surface area contributed by atoms with Crippen LogP contribution in [0.1, 0.15) is 31.3 Å². The molecule has 0 saturated carbocycles. The zero-order chi connectivity index (χ0) is 18.2. The van der Waals surface area contributed by atoms with Gasteiger partial charge in [0.05, 0.1) is 39.8 Å². The van der Waals surface area contributed by atoms with Crippen LogP contribution < -0.4 is 5.32 Å². The Hall–Kier alpha value is -1.51. The van der Waals surface area contributed by atoms with Crippen LogP contribution in [0.15, 0.2) is 24.3 Å². The Balaban J connectivity index is 1.63. The second kappa shape index (κ2) is 6.66. The van der Waals surface area contributed by atoms with E-state index in [1.807, 2.05) is 43.1 Å². The summed E-state index contributed by atoms with van der Waals surface area (Å²) in [7, 11) is -1.16. The van der Waals surface area contributed by atoms with E-state index in [1.54, 1.807) is 18.3 Å². The van der Waals surface area contributed by atoms with Crippen LogP contribution in [0.3, 0.4) is 0 Å². The molecule has 2 atom stereocenters. The van der Waals surface area contributed by atoms with Crippen LogP contribution in [0.2, 0.25) is 0 Å². The van der Waals surface area contributed by atoms with E-state index in [2.05, 4.69) is 10.3 Å². The molecule has 1 amide bonds. The van der Waals surface area contributed by atoms with Crippen molar-refractivity contribution in [1.82, 2.24) is 15.2 Å². The zero-order valence-electron chi connectivity index (χ0n) is 14.7. The zero-order valence-corrected chi connectivity index (χ0v) is 16.3. The summed E-state index contributed by atoms with van der Waals surface area (Å²) in [5.41, 5.74) is 0.312. The van der Waals surface area contributed by atoms with E-state index in [0.29, 0.717) is 6.42 Å². The van der Waals surface area contributed by atoms with Crippen molar-refractivity contribution in [2.24, 2.45) is 0 Å². The fraction of sp³-hybridized carbons (Fsp3) is 0.529. The molecule has 136 valence electrons. The maximum Gasteiger partial charge on any atom is 0.234 e. The molecule has 1 aromatic heterocycles. The maximum absolute atomic E-state index is 12.4. The number of para-hydroxylation sites is 1. The van der Waals surface area contributed by atoms with Crippen LogP contribution in [0, 0.1) is 0 Å². The number of fused-ring (bicyclic) bond motifs is 1. The van der Waals surface area contributed by atoms with E-state index in [0.717, 1.165) is 15.2 Å². The largest absolute Gasteiger partial charge is 0.349 e. The average molecular weight is 382 g/mol. The fourth-order valence-corrected chi connectivity index (χ4v) is 6.28. The number of hydrogen-bond acceptors (Lipinski definition) is 6. The molecule has 1 aromatic carbocycles. The summed E-state index contributed by atoms with van der Waals surface area (Å²) in [6.07, 6.45) is 0.470. The summed E-state index contributed by atoms with van der Waals surface area (Å²) < 4.78 is 24.4. The molecule has 0 bridgehead atoms. The molecule has 0 unspecified atom stereocenters. The molecule has 2 heterocycles. The van der Waals surface area contributed by atoms with Crippen molar-refractivity contribution in [3.05, 3.63) is 29.3 Å². The molecule has 1 N–H and O–H groups in total. The van der Waals surface area contributed by atoms with Gasteiger partial charge in [-0.15, -0.1) is 11.3 Å². The lowest BCUT2D eigenvalue weighted by Gasteiger charge is -2.27. The highest BCUT2D eigenvalue weighted by atomic mass is 32.2. The first-order chi connectivity index (χ1) is 11.7. The SMILES string of the molecule is C[C@H](c1nc2ccccc2s1)N(C)CC(=O)N[C@]1(C)CCS(=O)(=O)C1. The first-order valence-electron chi connectivity index (χ1n) is 8.25. The van der Waals surface area contributed by atoms with Crippen LogP contribution in [0.25, 0.3) is 10.2 Å². The number of carbonyl (C=O) groups excluding carboxylic acids is 1. The third-order valence-electron chi connectivity index (χ3n) is 4.67. The van der Waals surface area contributed by atoms with E-state index in [1.165, 1.54) is 0 Å². The molecular weight excluding hydrogens is 358 g/mol. The fourth-order valence-electron chi connectivity index (χ4n) is 3.11. The van der Waals surface area contributed by atoms with Gasteiger partial charge in [-0.1, -0.05) is 12.1 Å². The highest BCUT2D eigenvalue weighted by molar-refractivity contribution is 7.91. The van der Waals surface area contributed by atoms with Crippen LogP contribution in [-0.2, 0) is 14.6 Å². The number of rotatable bonds is 5. The molecule has 0 spiro atoms. The molecule has 1 aliphatic rings. The number of amides is 1. The summed E-state index contributed by atoms with van der Waals surface area (Å²) >= 11 is 1.63. The minimum atomic E-state index is -3.04. The Bertz CT molecular complexity index is 860. The average Bonchev–Trinajstić information content (AvgIpc) is 3.06. The number of sulfone groups is 1. The Morgan fingerprint density at radius 1 is 1.44 bits per heavy atom. The number of nitrogens with zero attached hydrogens (tertiary/aromatic N) is 2. The van der Waals surface area contributed by atoms with Gasteiger partial charge in [0, 0.05) is 0 Å². The van der Waals surface area contributed by atoms with Crippen LogP contribution in [-0.4, -0.2) is 54.8 Å². The first kappa shape index (κ1) is 18.3. The number of nitrogens with one attached hydrogen (secondary N) is 1. The van der Waals surface area contributed by atoms with E-state index < -0.39 is 15.4 Å². The van der Waals surface area contributed by atoms with E-state index in [4.69, 9.17) is 0 Å². The number of aromatic nitrogens is 1. The van der Waals surface area contributed by atoms with Gasteiger partial charge in [-0.3, -0.25) is 9.69 Å². The highest BCUT2D eigenvalue weighted by Gasteiger charge is 2.39. The summed E-state index contributed by atoms with van der Waals surface area (Å²) in [4.78, 5) is 18.9. The highest BCUT2D eigenvalue weighted by Crippen LogP contribution is 2.29. The van der Waals surface area contributed by atoms with Gasteiger partial charge in [-0.05, 0) is 39.4 Å². The van der Waals surface area contributed by atoms with Crippen molar-refractivity contribution in [3.63, 3.8) is 0 Å². The van der Waals surface area contributed by atoms with Crippen molar-refractivity contribution in [2.75, 3.05) is 25.1 Å². The Morgan fingerprint density at radius 3 is 2.80 bits per heavy atom. The topological polar surface area (TPSA) is 79.4 Å². The van der Waals surface area contributed by atoms with Crippen LogP contribution in [0.5, 0.6) is 0 Å². The monoisotopic (exact) mass is 381 g/mol. The second-order valence-corrected chi connectivity index (χ2v) is 10.3. The van der Waals surface area contributed by atoms with Gasteiger partial charge in [0.2, 0.25) is 5.91 Å². The third-order valence-corrected chi connectivity index (χ3v) is 7.78. The van der Waals surface area contributed by atoms with E-state index >= 15 is 0 Å². The molecule has 6 nitrogen and oxygen atoms in total. The summed E-state index contributed by atoms with van der Waals surface area (Å²) in [6.45, 7) is 4.02. The Kier molecular flexibility index (Phi) is 4.87. The smallest absolute Gasteiger partial charge is 0.234 e. The van der Waals surface area contributed by atoms with Crippen molar-refractivity contribution in [2.45, 2.75) is 31.8 Å². The first-order valence-corrected chi connectivity index (χ1v) is 10.9. The van der Waals surface area contributed by atoms with Gasteiger partial charge in [0.15, 0.2) is 9.84 Å². The maximum atomic E-state index is 12.4. The van der Waals surface area contributed by atoms with Gasteiger partial charge in [-0.2, -0.15) is 0 Å². The van der Waals surface area contributed by atoms with E-state index in [9.17, 15) is 13.2 Å².